The highest BCUT2D eigenvalue weighted by Crippen LogP contribution is 2.36. The van der Waals surface area contributed by atoms with Crippen molar-refractivity contribution in [3.05, 3.63) is 82.7 Å². The Balaban J connectivity index is 1.58. The Kier molecular flexibility index (Phi) is 5.96. The van der Waals surface area contributed by atoms with E-state index in [4.69, 9.17) is 0 Å². The van der Waals surface area contributed by atoms with Gasteiger partial charge >= 0.3 is 0 Å². The largest absolute Gasteiger partial charge is 0.394 e. The van der Waals surface area contributed by atoms with E-state index in [9.17, 15) is 9.90 Å². The van der Waals surface area contributed by atoms with Crippen LogP contribution < -0.4 is 0 Å². The van der Waals surface area contributed by atoms with Crippen LogP contribution in [-0.4, -0.2) is 37.8 Å². The van der Waals surface area contributed by atoms with Gasteiger partial charge in [-0.3, -0.25) is 4.79 Å². The second-order valence-corrected chi connectivity index (χ2v) is 8.61. The molecule has 162 valence electrons. The molecule has 0 aliphatic carbocycles. The molecule has 5 heteroatoms. The Bertz CT molecular complexity index is 1050. The topological polar surface area (TPSA) is 58.4 Å². The Morgan fingerprint density at radius 1 is 1.16 bits per heavy atom. The van der Waals surface area contributed by atoms with E-state index in [2.05, 4.69) is 62.3 Å². The molecule has 2 aromatic carbocycles. The van der Waals surface area contributed by atoms with Crippen molar-refractivity contribution in [2.45, 2.75) is 58.5 Å². The third-order valence-electron chi connectivity index (χ3n) is 6.71. The first kappa shape index (κ1) is 21.3. The maximum Gasteiger partial charge on any atom is 0.255 e. The minimum atomic E-state index is -0.471. The molecule has 1 aliphatic rings. The highest BCUT2D eigenvalue weighted by atomic mass is 16.3. The summed E-state index contributed by atoms with van der Waals surface area (Å²) in [5.41, 5.74) is 5.99. The lowest BCUT2D eigenvalue weighted by Gasteiger charge is -2.40. The SMILES string of the molecule is CCCC(CC)(CO)N1Cc2cc(C)c(Cc3ccc(-n4cccn4)cc3)cc2C1=O. The highest BCUT2D eigenvalue weighted by Gasteiger charge is 2.42. The fourth-order valence-electron chi connectivity index (χ4n) is 4.76. The van der Waals surface area contributed by atoms with Crippen molar-refractivity contribution in [3.8, 4) is 5.69 Å². The van der Waals surface area contributed by atoms with Gasteiger partial charge in [-0.25, -0.2) is 4.68 Å². The standard InChI is InChI=1S/C26H31N3O2/c1-4-11-26(5-2,18-30)28-17-22-14-19(3)21(16-24(22)25(28)31)15-20-7-9-23(10-8-20)29-13-6-12-27-29/h6-10,12-14,16,30H,4-5,11,15,17-18H2,1-3H3. The molecule has 4 rings (SSSR count). The number of hydrogen-bond acceptors (Lipinski definition) is 3. The summed E-state index contributed by atoms with van der Waals surface area (Å²) in [6, 6.07) is 14.5. The van der Waals surface area contributed by atoms with Crippen LogP contribution in [0.15, 0.2) is 54.9 Å². The number of fused-ring (bicyclic) bond motifs is 1. The Labute approximate surface area is 184 Å². The normalized spacial score (nSPS) is 15.2. The maximum absolute atomic E-state index is 13.3. The van der Waals surface area contributed by atoms with Crippen LogP contribution in [0.3, 0.4) is 0 Å². The first-order valence-electron chi connectivity index (χ1n) is 11.2. The van der Waals surface area contributed by atoms with Gasteiger partial charge in [-0.05, 0) is 72.7 Å². The van der Waals surface area contributed by atoms with Crippen LogP contribution in [0.2, 0.25) is 0 Å². The van der Waals surface area contributed by atoms with Gasteiger partial charge in [-0.2, -0.15) is 5.10 Å². The van der Waals surface area contributed by atoms with Crippen LogP contribution in [0.4, 0.5) is 0 Å². The molecule has 1 unspecified atom stereocenters. The van der Waals surface area contributed by atoms with Crippen molar-refractivity contribution in [3.63, 3.8) is 0 Å². The van der Waals surface area contributed by atoms with Gasteiger partial charge in [0.2, 0.25) is 0 Å². The fourth-order valence-corrected chi connectivity index (χ4v) is 4.76. The summed E-state index contributed by atoms with van der Waals surface area (Å²) in [5.74, 6) is 0.0506. The predicted molar refractivity (Wildman–Crippen MR) is 122 cm³/mol. The third-order valence-corrected chi connectivity index (χ3v) is 6.71. The molecule has 0 saturated heterocycles. The predicted octanol–water partition coefficient (Wildman–Crippen LogP) is 4.67. The van der Waals surface area contributed by atoms with Gasteiger partial charge in [0, 0.05) is 24.5 Å². The molecule has 0 fully saturated rings. The first-order valence-corrected chi connectivity index (χ1v) is 11.2. The van der Waals surface area contributed by atoms with E-state index >= 15 is 0 Å². The number of carbonyl (C=O) groups is 1. The summed E-state index contributed by atoms with van der Waals surface area (Å²) >= 11 is 0. The molecule has 1 aliphatic heterocycles. The number of hydrogen-bond donors (Lipinski definition) is 1. The quantitative estimate of drug-likeness (QED) is 0.579. The number of aryl methyl sites for hydroxylation is 1. The number of rotatable bonds is 8. The summed E-state index contributed by atoms with van der Waals surface area (Å²) in [6.07, 6.45) is 6.98. The lowest BCUT2D eigenvalue weighted by Crippen LogP contribution is -2.51. The smallest absolute Gasteiger partial charge is 0.255 e. The number of nitrogens with zero attached hydrogens (tertiary/aromatic N) is 3. The van der Waals surface area contributed by atoms with Gasteiger partial charge in [-0.1, -0.05) is 38.5 Å². The summed E-state index contributed by atoms with van der Waals surface area (Å²) in [7, 11) is 0. The van der Waals surface area contributed by atoms with Crippen LogP contribution in [0, 0.1) is 6.92 Å². The number of aliphatic hydroxyl groups excluding tert-OH is 1. The molecule has 0 radical (unpaired) electrons. The van der Waals surface area contributed by atoms with E-state index in [1.807, 2.05) is 21.8 Å². The zero-order valence-electron chi connectivity index (χ0n) is 18.6. The van der Waals surface area contributed by atoms with Gasteiger partial charge in [0.15, 0.2) is 0 Å². The van der Waals surface area contributed by atoms with Gasteiger partial charge in [0.05, 0.1) is 17.8 Å². The molecule has 1 amide bonds. The maximum atomic E-state index is 13.3. The third kappa shape index (κ3) is 3.90. The van der Waals surface area contributed by atoms with E-state index in [0.717, 1.165) is 42.5 Å². The van der Waals surface area contributed by atoms with Crippen molar-refractivity contribution in [1.82, 2.24) is 14.7 Å². The molecular weight excluding hydrogens is 386 g/mol. The monoisotopic (exact) mass is 417 g/mol. The minimum absolute atomic E-state index is 0.00546. The Hall–Kier alpha value is -2.92. The molecule has 1 aromatic heterocycles. The molecule has 0 saturated carbocycles. The van der Waals surface area contributed by atoms with Gasteiger partial charge in [0.1, 0.15) is 0 Å². The van der Waals surface area contributed by atoms with Crippen molar-refractivity contribution >= 4 is 5.91 Å². The first-order chi connectivity index (χ1) is 15.0. The van der Waals surface area contributed by atoms with Crippen LogP contribution in [0.1, 0.15) is 65.7 Å². The van der Waals surface area contributed by atoms with E-state index in [1.165, 1.54) is 16.7 Å². The van der Waals surface area contributed by atoms with Crippen molar-refractivity contribution in [1.29, 1.82) is 0 Å². The number of amides is 1. The molecule has 5 nitrogen and oxygen atoms in total. The summed E-state index contributed by atoms with van der Waals surface area (Å²) < 4.78 is 1.84. The molecule has 1 N–H and O–H groups in total. The molecule has 0 bridgehead atoms. The molecule has 3 aromatic rings. The van der Waals surface area contributed by atoms with Crippen LogP contribution in [0.25, 0.3) is 5.69 Å². The molecule has 0 spiro atoms. The zero-order chi connectivity index (χ0) is 22.0. The lowest BCUT2D eigenvalue weighted by molar-refractivity contribution is 0.0181. The fraction of sp³-hybridized carbons (Fsp3) is 0.385. The van der Waals surface area contributed by atoms with Crippen molar-refractivity contribution in [2.24, 2.45) is 0 Å². The van der Waals surface area contributed by atoms with Crippen molar-refractivity contribution in [2.75, 3.05) is 6.61 Å². The summed E-state index contributed by atoms with van der Waals surface area (Å²) in [5, 5.41) is 14.4. The molecular formula is C26H31N3O2. The van der Waals surface area contributed by atoms with E-state index in [0.29, 0.717) is 6.54 Å². The number of aromatic nitrogens is 2. The second kappa shape index (κ2) is 8.67. The van der Waals surface area contributed by atoms with Crippen LogP contribution in [0.5, 0.6) is 0 Å². The number of carbonyl (C=O) groups excluding carboxylic acids is 1. The van der Waals surface area contributed by atoms with Crippen LogP contribution >= 0.6 is 0 Å². The van der Waals surface area contributed by atoms with E-state index < -0.39 is 5.54 Å². The lowest BCUT2D eigenvalue weighted by atomic mass is 9.89. The highest BCUT2D eigenvalue weighted by molar-refractivity contribution is 5.99. The van der Waals surface area contributed by atoms with Crippen molar-refractivity contribution < 1.29 is 9.90 Å². The Morgan fingerprint density at radius 2 is 1.94 bits per heavy atom. The van der Waals surface area contributed by atoms with Gasteiger partial charge < -0.3 is 10.0 Å². The van der Waals surface area contributed by atoms with Gasteiger partial charge in [-0.15, -0.1) is 0 Å². The minimum Gasteiger partial charge on any atom is -0.394 e. The molecule has 1 atom stereocenters. The number of benzene rings is 2. The molecule has 31 heavy (non-hydrogen) atoms. The second-order valence-electron chi connectivity index (χ2n) is 8.61. The summed E-state index contributed by atoms with van der Waals surface area (Å²) in [4.78, 5) is 15.2. The van der Waals surface area contributed by atoms with E-state index in [-0.39, 0.29) is 12.5 Å². The van der Waals surface area contributed by atoms with Gasteiger partial charge in [0.25, 0.3) is 5.91 Å². The average molecular weight is 418 g/mol. The number of aliphatic hydroxyl groups is 1. The van der Waals surface area contributed by atoms with E-state index in [1.54, 1.807) is 6.20 Å². The average Bonchev–Trinajstić information content (AvgIpc) is 3.42. The molecule has 2 heterocycles. The van der Waals surface area contributed by atoms with Crippen LogP contribution in [-0.2, 0) is 13.0 Å². The zero-order valence-corrected chi connectivity index (χ0v) is 18.6. The summed E-state index contributed by atoms with van der Waals surface area (Å²) in [6.45, 7) is 6.87. The Morgan fingerprint density at radius 3 is 2.55 bits per heavy atom.